The van der Waals surface area contributed by atoms with Gasteiger partial charge in [0.1, 0.15) is 5.58 Å². The molecule has 3 heterocycles. The summed E-state index contributed by atoms with van der Waals surface area (Å²) < 4.78 is 11.4. The van der Waals surface area contributed by atoms with Gasteiger partial charge < -0.3 is 9.15 Å². The SMILES string of the molecule is Cc1cnc(CN2CCOCC(Cc3ccc4ccoc4c3)C2)cn1. The Bertz CT molecular complexity index is 828. The summed E-state index contributed by atoms with van der Waals surface area (Å²) in [5.41, 5.74) is 4.23. The molecule has 0 radical (unpaired) electrons. The lowest BCUT2D eigenvalue weighted by Gasteiger charge is -2.23. The van der Waals surface area contributed by atoms with Crippen molar-refractivity contribution < 1.29 is 9.15 Å². The molecule has 0 aliphatic carbocycles. The fraction of sp³-hybridized carbons (Fsp3) is 0.400. The van der Waals surface area contributed by atoms with E-state index in [4.69, 9.17) is 9.15 Å². The first-order chi connectivity index (χ1) is 12.3. The minimum Gasteiger partial charge on any atom is -0.464 e. The molecule has 25 heavy (non-hydrogen) atoms. The van der Waals surface area contributed by atoms with Crippen LogP contribution in [0.4, 0.5) is 0 Å². The summed E-state index contributed by atoms with van der Waals surface area (Å²) in [6.07, 6.45) is 6.45. The number of furan rings is 1. The maximum absolute atomic E-state index is 5.84. The lowest BCUT2D eigenvalue weighted by molar-refractivity contribution is 0.121. The lowest BCUT2D eigenvalue weighted by Crippen LogP contribution is -2.30. The number of hydrogen-bond acceptors (Lipinski definition) is 5. The van der Waals surface area contributed by atoms with Crippen molar-refractivity contribution in [3.05, 3.63) is 59.9 Å². The molecule has 1 saturated heterocycles. The van der Waals surface area contributed by atoms with Gasteiger partial charge in [-0.2, -0.15) is 0 Å². The zero-order valence-corrected chi connectivity index (χ0v) is 14.5. The van der Waals surface area contributed by atoms with E-state index in [0.717, 1.165) is 61.6 Å². The lowest BCUT2D eigenvalue weighted by atomic mass is 9.99. The van der Waals surface area contributed by atoms with E-state index < -0.39 is 0 Å². The van der Waals surface area contributed by atoms with Crippen LogP contribution in [0.2, 0.25) is 0 Å². The predicted octanol–water partition coefficient (Wildman–Crippen LogP) is 3.22. The summed E-state index contributed by atoms with van der Waals surface area (Å²) in [5, 5.41) is 1.15. The molecule has 0 spiro atoms. The van der Waals surface area contributed by atoms with Gasteiger partial charge in [0.15, 0.2) is 0 Å². The highest BCUT2D eigenvalue weighted by Gasteiger charge is 2.20. The molecule has 5 heteroatoms. The van der Waals surface area contributed by atoms with Gasteiger partial charge in [0, 0.05) is 37.4 Å². The first kappa shape index (κ1) is 16.2. The highest BCUT2D eigenvalue weighted by Crippen LogP contribution is 2.21. The Balaban J connectivity index is 1.42. The summed E-state index contributed by atoms with van der Waals surface area (Å²) in [6, 6.07) is 8.47. The molecular weight excluding hydrogens is 314 g/mol. The smallest absolute Gasteiger partial charge is 0.134 e. The van der Waals surface area contributed by atoms with Crippen LogP contribution in [-0.2, 0) is 17.7 Å². The van der Waals surface area contributed by atoms with E-state index in [0.29, 0.717) is 5.92 Å². The fourth-order valence-corrected chi connectivity index (χ4v) is 3.41. The van der Waals surface area contributed by atoms with Gasteiger partial charge in [-0.25, -0.2) is 0 Å². The minimum absolute atomic E-state index is 0.466. The monoisotopic (exact) mass is 337 g/mol. The van der Waals surface area contributed by atoms with Gasteiger partial charge in [-0.1, -0.05) is 12.1 Å². The van der Waals surface area contributed by atoms with Crippen molar-refractivity contribution in [2.24, 2.45) is 5.92 Å². The molecule has 1 unspecified atom stereocenters. The largest absolute Gasteiger partial charge is 0.464 e. The van der Waals surface area contributed by atoms with Crippen molar-refractivity contribution in [1.82, 2.24) is 14.9 Å². The number of benzene rings is 1. The Labute approximate surface area is 147 Å². The molecule has 0 bridgehead atoms. The Morgan fingerprint density at radius 3 is 3.04 bits per heavy atom. The second kappa shape index (κ2) is 7.33. The van der Waals surface area contributed by atoms with E-state index in [-0.39, 0.29) is 0 Å². The van der Waals surface area contributed by atoms with Crippen molar-refractivity contribution in [2.45, 2.75) is 19.9 Å². The molecule has 0 N–H and O–H groups in total. The quantitative estimate of drug-likeness (QED) is 0.732. The van der Waals surface area contributed by atoms with Crippen molar-refractivity contribution in [1.29, 1.82) is 0 Å². The number of nitrogens with zero attached hydrogens (tertiary/aromatic N) is 3. The second-order valence-electron chi connectivity index (χ2n) is 6.82. The molecule has 1 atom stereocenters. The number of hydrogen-bond donors (Lipinski definition) is 0. The summed E-state index contributed by atoms with van der Waals surface area (Å²) in [7, 11) is 0. The number of fused-ring (bicyclic) bond motifs is 1. The second-order valence-corrected chi connectivity index (χ2v) is 6.82. The number of rotatable bonds is 4. The van der Waals surface area contributed by atoms with Crippen LogP contribution in [0.3, 0.4) is 0 Å². The van der Waals surface area contributed by atoms with Crippen LogP contribution in [0, 0.1) is 12.8 Å². The maximum atomic E-state index is 5.84. The van der Waals surface area contributed by atoms with Crippen molar-refractivity contribution >= 4 is 11.0 Å². The van der Waals surface area contributed by atoms with Gasteiger partial charge in [0.2, 0.25) is 0 Å². The van der Waals surface area contributed by atoms with E-state index in [2.05, 4.69) is 33.1 Å². The fourth-order valence-electron chi connectivity index (χ4n) is 3.41. The number of aryl methyl sites for hydroxylation is 1. The summed E-state index contributed by atoms with van der Waals surface area (Å²) >= 11 is 0. The Morgan fingerprint density at radius 2 is 2.16 bits per heavy atom. The van der Waals surface area contributed by atoms with E-state index in [1.807, 2.05) is 25.4 Å². The first-order valence-corrected chi connectivity index (χ1v) is 8.80. The third-order valence-electron chi connectivity index (χ3n) is 4.69. The highest BCUT2D eigenvalue weighted by atomic mass is 16.5. The van der Waals surface area contributed by atoms with Crippen LogP contribution < -0.4 is 0 Å². The molecule has 4 rings (SSSR count). The molecule has 1 aliphatic rings. The van der Waals surface area contributed by atoms with E-state index in [1.165, 1.54) is 5.56 Å². The number of ether oxygens (including phenoxy) is 1. The summed E-state index contributed by atoms with van der Waals surface area (Å²) in [4.78, 5) is 11.2. The topological polar surface area (TPSA) is 51.4 Å². The van der Waals surface area contributed by atoms with Gasteiger partial charge in [-0.15, -0.1) is 0 Å². The average Bonchev–Trinajstić information content (AvgIpc) is 2.97. The van der Waals surface area contributed by atoms with Gasteiger partial charge in [-0.3, -0.25) is 14.9 Å². The van der Waals surface area contributed by atoms with E-state index in [9.17, 15) is 0 Å². The zero-order chi connectivity index (χ0) is 17.1. The van der Waals surface area contributed by atoms with Gasteiger partial charge >= 0.3 is 0 Å². The van der Waals surface area contributed by atoms with E-state index >= 15 is 0 Å². The van der Waals surface area contributed by atoms with Crippen LogP contribution in [-0.4, -0.2) is 41.2 Å². The zero-order valence-electron chi connectivity index (χ0n) is 14.5. The summed E-state index contributed by atoms with van der Waals surface area (Å²) in [5.74, 6) is 0.466. The van der Waals surface area contributed by atoms with Crippen LogP contribution >= 0.6 is 0 Å². The molecule has 1 fully saturated rings. The third-order valence-corrected chi connectivity index (χ3v) is 4.69. The summed E-state index contributed by atoms with van der Waals surface area (Å²) in [6.45, 7) is 6.29. The van der Waals surface area contributed by atoms with Crippen molar-refractivity contribution in [3.63, 3.8) is 0 Å². The Morgan fingerprint density at radius 1 is 1.20 bits per heavy atom. The average molecular weight is 337 g/mol. The standard InChI is InChI=1S/C20H23N3O2/c1-15-10-22-19(11-21-15)13-23-5-7-24-14-17(12-23)8-16-2-3-18-4-6-25-20(18)9-16/h2-4,6,9-11,17H,5,7-8,12-14H2,1H3. The van der Waals surface area contributed by atoms with Crippen molar-refractivity contribution in [3.8, 4) is 0 Å². The Hall–Kier alpha value is -2.24. The molecule has 3 aromatic rings. The van der Waals surface area contributed by atoms with Gasteiger partial charge in [0.05, 0.1) is 30.9 Å². The van der Waals surface area contributed by atoms with Gasteiger partial charge in [-0.05, 0) is 37.0 Å². The van der Waals surface area contributed by atoms with E-state index in [1.54, 1.807) is 6.26 Å². The molecule has 1 aliphatic heterocycles. The van der Waals surface area contributed by atoms with Crippen molar-refractivity contribution in [2.75, 3.05) is 26.3 Å². The molecule has 1 aromatic carbocycles. The first-order valence-electron chi connectivity index (χ1n) is 8.80. The van der Waals surface area contributed by atoms with Crippen LogP contribution in [0.1, 0.15) is 17.0 Å². The van der Waals surface area contributed by atoms with Crippen LogP contribution in [0.5, 0.6) is 0 Å². The predicted molar refractivity (Wildman–Crippen MR) is 96.3 cm³/mol. The normalized spacial score (nSPS) is 19.2. The molecule has 0 saturated carbocycles. The Kier molecular flexibility index (Phi) is 4.76. The minimum atomic E-state index is 0.466. The van der Waals surface area contributed by atoms with Gasteiger partial charge in [0.25, 0.3) is 0 Å². The number of aromatic nitrogens is 2. The van der Waals surface area contributed by atoms with Crippen LogP contribution in [0.25, 0.3) is 11.0 Å². The highest BCUT2D eigenvalue weighted by molar-refractivity contribution is 5.77. The molecular formula is C20H23N3O2. The maximum Gasteiger partial charge on any atom is 0.134 e. The third kappa shape index (κ3) is 4.06. The molecule has 2 aromatic heterocycles. The molecule has 0 amide bonds. The van der Waals surface area contributed by atoms with Crippen LogP contribution in [0.15, 0.2) is 47.3 Å². The molecule has 130 valence electrons. The molecule has 5 nitrogen and oxygen atoms in total.